The lowest BCUT2D eigenvalue weighted by Crippen LogP contribution is -2.11. The molecule has 0 spiro atoms. The van der Waals surface area contributed by atoms with E-state index >= 15 is 0 Å². The van der Waals surface area contributed by atoms with Crippen LogP contribution in [0.1, 0.15) is 10.6 Å². The van der Waals surface area contributed by atoms with Gasteiger partial charge in [-0.3, -0.25) is 4.79 Å². The number of ether oxygens (including phenoxy) is 1. The van der Waals surface area contributed by atoms with E-state index in [9.17, 15) is 4.79 Å². The summed E-state index contributed by atoms with van der Waals surface area (Å²) in [5.41, 5.74) is 0.509. The first-order valence-corrected chi connectivity index (χ1v) is 6.97. The average Bonchev–Trinajstić information content (AvgIpc) is 3.05. The van der Waals surface area contributed by atoms with Gasteiger partial charge in [-0.05, 0) is 36.4 Å². The standard InChI is InChI=1S/C17H12ClNO3/c18-12-8-9-14(19-17(20)15-7-4-10-21-15)16(11-12)22-13-5-2-1-3-6-13/h1-11H,(H,19,20). The zero-order valence-electron chi connectivity index (χ0n) is 11.5. The summed E-state index contributed by atoms with van der Waals surface area (Å²) >= 11 is 6.01. The summed E-state index contributed by atoms with van der Waals surface area (Å²) in [6.45, 7) is 0. The van der Waals surface area contributed by atoms with Gasteiger partial charge >= 0.3 is 0 Å². The molecule has 0 unspecified atom stereocenters. The second-order valence-electron chi connectivity index (χ2n) is 4.49. The highest BCUT2D eigenvalue weighted by Gasteiger charge is 2.13. The Labute approximate surface area is 132 Å². The zero-order chi connectivity index (χ0) is 15.4. The first-order valence-electron chi connectivity index (χ1n) is 6.60. The molecule has 0 atom stereocenters. The van der Waals surface area contributed by atoms with Crippen LogP contribution in [0, 0.1) is 0 Å². The molecule has 3 aromatic rings. The van der Waals surface area contributed by atoms with E-state index in [4.69, 9.17) is 20.8 Å². The van der Waals surface area contributed by atoms with Crippen LogP contribution in [0.15, 0.2) is 71.3 Å². The first-order chi connectivity index (χ1) is 10.7. The van der Waals surface area contributed by atoms with Crippen molar-refractivity contribution in [3.05, 3.63) is 77.7 Å². The van der Waals surface area contributed by atoms with E-state index in [1.54, 1.807) is 30.3 Å². The Hall–Kier alpha value is -2.72. The quantitative estimate of drug-likeness (QED) is 0.739. The van der Waals surface area contributed by atoms with Crippen molar-refractivity contribution in [1.29, 1.82) is 0 Å². The van der Waals surface area contributed by atoms with Crippen LogP contribution >= 0.6 is 11.6 Å². The Morgan fingerprint density at radius 2 is 1.86 bits per heavy atom. The molecule has 1 aromatic heterocycles. The summed E-state index contributed by atoms with van der Waals surface area (Å²) in [6.07, 6.45) is 1.44. The van der Waals surface area contributed by atoms with Gasteiger partial charge in [0.2, 0.25) is 0 Å². The second-order valence-corrected chi connectivity index (χ2v) is 4.92. The molecule has 1 amide bonds. The second kappa shape index (κ2) is 6.37. The lowest BCUT2D eigenvalue weighted by molar-refractivity contribution is 0.0996. The Morgan fingerprint density at radius 1 is 1.05 bits per heavy atom. The first kappa shape index (κ1) is 14.2. The number of carbonyl (C=O) groups excluding carboxylic acids is 1. The van der Waals surface area contributed by atoms with Crippen molar-refractivity contribution in [1.82, 2.24) is 0 Å². The van der Waals surface area contributed by atoms with Crippen LogP contribution in [0.2, 0.25) is 5.02 Å². The van der Waals surface area contributed by atoms with Gasteiger partial charge in [-0.15, -0.1) is 0 Å². The van der Waals surface area contributed by atoms with E-state index in [0.29, 0.717) is 22.2 Å². The summed E-state index contributed by atoms with van der Waals surface area (Å²) in [4.78, 5) is 12.1. The third-order valence-electron chi connectivity index (χ3n) is 2.91. The molecule has 110 valence electrons. The van der Waals surface area contributed by atoms with Gasteiger partial charge in [0.25, 0.3) is 5.91 Å². The molecular formula is C17H12ClNO3. The van der Waals surface area contributed by atoms with E-state index in [2.05, 4.69) is 5.32 Å². The third-order valence-corrected chi connectivity index (χ3v) is 3.14. The number of hydrogen-bond donors (Lipinski definition) is 1. The predicted molar refractivity (Wildman–Crippen MR) is 84.6 cm³/mol. The van der Waals surface area contributed by atoms with E-state index in [1.165, 1.54) is 6.26 Å². The minimum atomic E-state index is -0.356. The topological polar surface area (TPSA) is 51.5 Å². The van der Waals surface area contributed by atoms with Crippen LogP contribution < -0.4 is 10.1 Å². The molecule has 0 aliphatic carbocycles. The van der Waals surface area contributed by atoms with Crippen LogP contribution in [-0.2, 0) is 0 Å². The van der Waals surface area contributed by atoms with Gasteiger partial charge in [0.05, 0.1) is 12.0 Å². The minimum absolute atomic E-state index is 0.223. The fourth-order valence-electron chi connectivity index (χ4n) is 1.89. The van der Waals surface area contributed by atoms with E-state index < -0.39 is 0 Å². The van der Waals surface area contributed by atoms with E-state index in [-0.39, 0.29) is 11.7 Å². The molecule has 2 aromatic carbocycles. The largest absolute Gasteiger partial charge is 0.459 e. The van der Waals surface area contributed by atoms with Crippen molar-refractivity contribution < 1.29 is 13.9 Å². The summed E-state index contributed by atoms with van der Waals surface area (Å²) < 4.78 is 10.8. The SMILES string of the molecule is O=C(Nc1ccc(Cl)cc1Oc1ccccc1)c1ccco1. The number of rotatable bonds is 4. The van der Waals surface area contributed by atoms with Crippen molar-refractivity contribution in [2.45, 2.75) is 0 Å². The van der Waals surface area contributed by atoms with Crippen LogP contribution in [0.5, 0.6) is 11.5 Å². The molecule has 0 aliphatic heterocycles. The zero-order valence-corrected chi connectivity index (χ0v) is 12.2. The highest BCUT2D eigenvalue weighted by atomic mass is 35.5. The van der Waals surface area contributed by atoms with Crippen LogP contribution in [0.4, 0.5) is 5.69 Å². The van der Waals surface area contributed by atoms with E-state index in [0.717, 1.165) is 0 Å². The highest BCUT2D eigenvalue weighted by Crippen LogP contribution is 2.32. The number of halogens is 1. The third kappa shape index (κ3) is 3.30. The number of nitrogens with one attached hydrogen (secondary N) is 1. The molecule has 5 heteroatoms. The maximum atomic E-state index is 12.1. The van der Waals surface area contributed by atoms with Gasteiger partial charge in [-0.2, -0.15) is 0 Å². The van der Waals surface area contributed by atoms with Gasteiger partial charge in [0.15, 0.2) is 11.5 Å². The van der Waals surface area contributed by atoms with Crippen LogP contribution in [0.3, 0.4) is 0 Å². The van der Waals surface area contributed by atoms with Crippen molar-refractivity contribution in [2.24, 2.45) is 0 Å². The van der Waals surface area contributed by atoms with Gasteiger partial charge in [0, 0.05) is 11.1 Å². The van der Waals surface area contributed by atoms with Crippen LogP contribution in [0.25, 0.3) is 0 Å². The summed E-state index contributed by atoms with van der Waals surface area (Å²) in [7, 11) is 0. The van der Waals surface area contributed by atoms with Gasteiger partial charge in [-0.25, -0.2) is 0 Å². The fraction of sp³-hybridized carbons (Fsp3) is 0. The molecule has 22 heavy (non-hydrogen) atoms. The molecule has 1 N–H and O–H groups in total. The van der Waals surface area contributed by atoms with Gasteiger partial charge < -0.3 is 14.5 Å². The number of hydrogen-bond acceptors (Lipinski definition) is 3. The maximum absolute atomic E-state index is 12.1. The Kier molecular flexibility index (Phi) is 4.12. The average molecular weight is 314 g/mol. The Bertz CT molecular complexity index is 770. The number of carbonyl (C=O) groups is 1. The number of furan rings is 1. The molecule has 0 bridgehead atoms. The number of amides is 1. The monoisotopic (exact) mass is 313 g/mol. The fourth-order valence-corrected chi connectivity index (χ4v) is 2.05. The van der Waals surface area contributed by atoms with Crippen molar-refractivity contribution in [2.75, 3.05) is 5.32 Å². The molecular weight excluding hydrogens is 302 g/mol. The maximum Gasteiger partial charge on any atom is 0.291 e. The van der Waals surface area contributed by atoms with Crippen molar-refractivity contribution in [3.8, 4) is 11.5 Å². The van der Waals surface area contributed by atoms with Gasteiger partial charge in [-0.1, -0.05) is 29.8 Å². The molecule has 0 saturated carbocycles. The summed E-state index contributed by atoms with van der Waals surface area (Å²) in [5.74, 6) is 0.975. The lowest BCUT2D eigenvalue weighted by atomic mass is 10.2. The smallest absolute Gasteiger partial charge is 0.291 e. The normalized spacial score (nSPS) is 10.2. The molecule has 0 fully saturated rings. The number of benzene rings is 2. The van der Waals surface area contributed by atoms with E-state index in [1.807, 2.05) is 30.3 Å². The molecule has 3 rings (SSSR count). The summed E-state index contributed by atoms with van der Waals surface area (Å²) in [5, 5.41) is 3.26. The van der Waals surface area contributed by atoms with Crippen LogP contribution in [-0.4, -0.2) is 5.91 Å². The Morgan fingerprint density at radius 3 is 2.59 bits per heavy atom. The highest BCUT2D eigenvalue weighted by molar-refractivity contribution is 6.30. The molecule has 4 nitrogen and oxygen atoms in total. The minimum Gasteiger partial charge on any atom is -0.459 e. The van der Waals surface area contributed by atoms with Gasteiger partial charge in [0.1, 0.15) is 5.75 Å². The Balaban J connectivity index is 1.86. The van der Waals surface area contributed by atoms with Crippen molar-refractivity contribution in [3.63, 3.8) is 0 Å². The molecule has 0 saturated heterocycles. The molecule has 1 heterocycles. The predicted octanol–water partition coefficient (Wildman–Crippen LogP) is 4.98. The lowest BCUT2D eigenvalue weighted by Gasteiger charge is -2.12. The number of para-hydroxylation sites is 1. The molecule has 0 radical (unpaired) electrons. The summed E-state index contributed by atoms with van der Waals surface area (Å²) in [6, 6.07) is 17.5. The van der Waals surface area contributed by atoms with Crippen molar-refractivity contribution >= 4 is 23.2 Å². The number of anilines is 1. The molecule has 0 aliphatic rings.